The van der Waals surface area contributed by atoms with Crippen LogP contribution in [0.1, 0.15) is 11.1 Å². The number of pyridine rings is 1. The van der Waals surface area contributed by atoms with Crippen molar-refractivity contribution in [3.8, 4) is 0 Å². The Morgan fingerprint density at radius 1 is 1.10 bits per heavy atom. The number of rotatable bonds is 2. The van der Waals surface area contributed by atoms with E-state index in [-0.39, 0.29) is 5.69 Å². The number of urea groups is 1. The first-order valence-corrected chi connectivity index (χ1v) is 6.03. The summed E-state index contributed by atoms with van der Waals surface area (Å²) in [5, 5.41) is 4.65. The maximum absolute atomic E-state index is 12.8. The first-order valence-electron chi connectivity index (χ1n) is 6.03. The predicted octanol–water partition coefficient (Wildman–Crippen LogP) is 4.05. The maximum Gasteiger partial charge on any atom is 0.418 e. The van der Waals surface area contributed by atoms with Crippen molar-refractivity contribution in [1.29, 1.82) is 0 Å². The van der Waals surface area contributed by atoms with Crippen molar-refractivity contribution in [3.63, 3.8) is 0 Å². The first-order chi connectivity index (χ1) is 9.88. The Kier molecular flexibility index (Phi) is 4.11. The minimum Gasteiger partial charge on any atom is -0.307 e. The van der Waals surface area contributed by atoms with Crippen LogP contribution in [0, 0.1) is 6.92 Å². The fourth-order valence-electron chi connectivity index (χ4n) is 1.71. The molecular weight excluding hydrogens is 283 g/mol. The number of para-hydroxylation sites is 1. The molecule has 1 heterocycles. The van der Waals surface area contributed by atoms with Crippen molar-refractivity contribution in [2.45, 2.75) is 13.1 Å². The summed E-state index contributed by atoms with van der Waals surface area (Å²) in [7, 11) is 0. The fourth-order valence-corrected chi connectivity index (χ4v) is 1.71. The molecular formula is C14H12F3N3O. The van der Waals surface area contributed by atoms with Crippen molar-refractivity contribution in [2.75, 3.05) is 10.6 Å². The molecule has 2 rings (SSSR count). The molecule has 21 heavy (non-hydrogen) atoms. The number of halogens is 3. The van der Waals surface area contributed by atoms with Gasteiger partial charge in [0.1, 0.15) is 0 Å². The number of aromatic nitrogens is 1. The number of nitrogens with zero attached hydrogens (tertiary/aromatic N) is 1. The van der Waals surface area contributed by atoms with Crippen molar-refractivity contribution in [1.82, 2.24) is 4.98 Å². The van der Waals surface area contributed by atoms with Gasteiger partial charge < -0.3 is 10.6 Å². The summed E-state index contributed by atoms with van der Waals surface area (Å²) in [5.41, 5.74) is -0.0177. The highest BCUT2D eigenvalue weighted by Gasteiger charge is 2.33. The summed E-state index contributed by atoms with van der Waals surface area (Å²) in [4.78, 5) is 15.6. The second-order valence-corrected chi connectivity index (χ2v) is 4.31. The number of aryl methyl sites for hydroxylation is 1. The molecule has 0 saturated heterocycles. The van der Waals surface area contributed by atoms with Gasteiger partial charge in [-0.1, -0.05) is 12.1 Å². The fraction of sp³-hybridized carbons (Fsp3) is 0.143. The molecule has 1 aromatic carbocycles. The minimum atomic E-state index is -4.53. The topological polar surface area (TPSA) is 54.0 Å². The molecule has 0 spiro atoms. The van der Waals surface area contributed by atoms with Crippen molar-refractivity contribution >= 4 is 17.4 Å². The van der Waals surface area contributed by atoms with Gasteiger partial charge >= 0.3 is 12.2 Å². The van der Waals surface area contributed by atoms with E-state index in [1.165, 1.54) is 24.4 Å². The SMILES string of the molecule is Cc1ccncc1NC(=O)Nc1ccccc1C(F)(F)F. The van der Waals surface area contributed by atoms with Crippen LogP contribution in [0.4, 0.5) is 29.3 Å². The van der Waals surface area contributed by atoms with Gasteiger partial charge in [0.25, 0.3) is 0 Å². The number of carbonyl (C=O) groups excluding carboxylic acids is 1. The number of alkyl halides is 3. The molecule has 2 aromatic rings. The highest BCUT2D eigenvalue weighted by atomic mass is 19.4. The number of carbonyl (C=O) groups is 1. The quantitative estimate of drug-likeness (QED) is 0.878. The normalized spacial score (nSPS) is 11.0. The zero-order valence-electron chi connectivity index (χ0n) is 11.0. The van der Waals surface area contributed by atoms with E-state index < -0.39 is 17.8 Å². The third kappa shape index (κ3) is 3.71. The summed E-state index contributed by atoms with van der Waals surface area (Å²) in [5.74, 6) is 0. The Bertz CT molecular complexity index is 656. The van der Waals surface area contributed by atoms with E-state index in [0.717, 1.165) is 11.6 Å². The number of anilines is 2. The molecule has 0 fully saturated rings. The Morgan fingerprint density at radius 2 is 1.76 bits per heavy atom. The lowest BCUT2D eigenvalue weighted by Crippen LogP contribution is -2.22. The summed E-state index contributed by atoms with van der Waals surface area (Å²) in [6.07, 6.45) is -1.56. The van der Waals surface area contributed by atoms with Crippen molar-refractivity contribution in [3.05, 3.63) is 53.9 Å². The van der Waals surface area contributed by atoms with Gasteiger partial charge in [-0.25, -0.2) is 4.79 Å². The van der Waals surface area contributed by atoms with Crippen LogP contribution in [-0.4, -0.2) is 11.0 Å². The molecule has 4 nitrogen and oxygen atoms in total. The van der Waals surface area contributed by atoms with Crippen LogP contribution in [0.15, 0.2) is 42.7 Å². The molecule has 0 radical (unpaired) electrons. The van der Waals surface area contributed by atoms with Crippen LogP contribution in [0.25, 0.3) is 0 Å². The van der Waals surface area contributed by atoms with Gasteiger partial charge in [0.2, 0.25) is 0 Å². The highest BCUT2D eigenvalue weighted by molar-refractivity contribution is 6.00. The van der Waals surface area contributed by atoms with Crippen molar-refractivity contribution < 1.29 is 18.0 Å². The predicted molar refractivity (Wildman–Crippen MR) is 73.1 cm³/mol. The molecule has 1 aromatic heterocycles. The van der Waals surface area contributed by atoms with Crippen LogP contribution >= 0.6 is 0 Å². The average Bonchev–Trinajstić information content (AvgIpc) is 2.41. The van der Waals surface area contributed by atoms with Gasteiger partial charge in [0.05, 0.1) is 23.1 Å². The number of hydrogen-bond donors (Lipinski definition) is 2. The Balaban J connectivity index is 2.16. The zero-order valence-corrected chi connectivity index (χ0v) is 11.0. The standard InChI is InChI=1S/C14H12F3N3O/c1-9-6-7-18-8-12(9)20-13(21)19-11-5-3-2-4-10(11)14(15,16)17/h2-8H,1H3,(H2,19,20,21). The molecule has 7 heteroatoms. The van der Waals surface area contributed by atoms with E-state index in [0.29, 0.717) is 5.69 Å². The van der Waals surface area contributed by atoms with Crippen LogP contribution in [-0.2, 0) is 6.18 Å². The molecule has 2 amide bonds. The van der Waals surface area contributed by atoms with E-state index in [2.05, 4.69) is 15.6 Å². The lowest BCUT2D eigenvalue weighted by molar-refractivity contribution is -0.136. The average molecular weight is 295 g/mol. The molecule has 0 aliphatic rings. The van der Waals surface area contributed by atoms with Crippen LogP contribution in [0.5, 0.6) is 0 Å². The Morgan fingerprint density at radius 3 is 2.43 bits per heavy atom. The van der Waals surface area contributed by atoms with Gasteiger partial charge in [0, 0.05) is 6.20 Å². The van der Waals surface area contributed by atoms with Gasteiger partial charge in [-0.3, -0.25) is 4.98 Å². The minimum absolute atomic E-state index is 0.302. The highest BCUT2D eigenvalue weighted by Crippen LogP contribution is 2.34. The van der Waals surface area contributed by atoms with Crippen LogP contribution < -0.4 is 10.6 Å². The van der Waals surface area contributed by atoms with E-state index in [1.807, 2.05) is 0 Å². The first kappa shape index (κ1) is 14.8. The smallest absolute Gasteiger partial charge is 0.307 e. The number of amides is 2. The molecule has 0 unspecified atom stereocenters. The molecule has 2 N–H and O–H groups in total. The van der Waals surface area contributed by atoms with E-state index in [4.69, 9.17) is 0 Å². The Hall–Kier alpha value is -2.57. The molecule has 0 aliphatic carbocycles. The lowest BCUT2D eigenvalue weighted by Gasteiger charge is -2.14. The third-order valence-corrected chi connectivity index (χ3v) is 2.77. The van der Waals surface area contributed by atoms with Crippen molar-refractivity contribution in [2.24, 2.45) is 0 Å². The van der Waals surface area contributed by atoms with Gasteiger partial charge in [0.15, 0.2) is 0 Å². The monoisotopic (exact) mass is 295 g/mol. The molecule has 0 atom stereocenters. The molecule has 0 saturated carbocycles. The molecule has 0 bridgehead atoms. The number of nitrogens with one attached hydrogen (secondary N) is 2. The van der Waals surface area contributed by atoms with Gasteiger partial charge in [-0.2, -0.15) is 13.2 Å². The van der Waals surface area contributed by atoms with E-state index in [9.17, 15) is 18.0 Å². The number of benzene rings is 1. The second kappa shape index (κ2) is 5.82. The maximum atomic E-state index is 12.8. The van der Waals surface area contributed by atoms with Gasteiger partial charge in [-0.05, 0) is 30.7 Å². The zero-order chi connectivity index (χ0) is 15.5. The van der Waals surface area contributed by atoms with Gasteiger partial charge in [-0.15, -0.1) is 0 Å². The largest absolute Gasteiger partial charge is 0.418 e. The lowest BCUT2D eigenvalue weighted by atomic mass is 10.1. The Labute approximate surface area is 119 Å². The van der Waals surface area contributed by atoms with Crippen LogP contribution in [0.2, 0.25) is 0 Å². The summed E-state index contributed by atoms with van der Waals surface area (Å²) in [6, 6.07) is 5.70. The number of hydrogen-bond acceptors (Lipinski definition) is 2. The van der Waals surface area contributed by atoms with Crippen LogP contribution in [0.3, 0.4) is 0 Å². The molecule has 110 valence electrons. The third-order valence-electron chi connectivity index (χ3n) is 2.77. The summed E-state index contributed by atoms with van der Waals surface area (Å²) in [6.45, 7) is 1.75. The summed E-state index contributed by atoms with van der Waals surface area (Å²) < 4.78 is 38.4. The summed E-state index contributed by atoms with van der Waals surface area (Å²) >= 11 is 0. The second-order valence-electron chi connectivity index (χ2n) is 4.31. The van der Waals surface area contributed by atoms with E-state index in [1.54, 1.807) is 19.2 Å². The molecule has 0 aliphatic heterocycles. The van der Waals surface area contributed by atoms with E-state index >= 15 is 0 Å².